The minimum atomic E-state index is -1.33. The molecule has 0 saturated carbocycles. The molecule has 0 aliphatic carbocycles. The average molecular weight is 435 g/mol. The van der Waals surface area contributed by atoms with Crippen LogP contribution < -0.4 is 21.7 Å². The summed E-state index contributed by atoms with van der Waals surface area (Å²) < 4.78 is 0. The Morgan fingerprint density at radius 1 is 0.931 bits per heavy atom. The maximum absolute atomic E-state index is 12.7. The Labute approximate surface area is 176 Å². The van der Waals surface area contributed by atoms with E-state index < -0.39 is 54.0 Å². The molecular weight excluding hydrogens is 400 g/mol. The van der Waals surface area contributed by atoms with E-state index in [0.717, 1.165) is 0 Å². The van der Waals surface area contributed by atoms with E-state index in [2.05, 4.69) is 28.6 Å². The number of aliphatic carboxylic acids is 1. The molecule has 0 bridgehead atoms. The van der Waals surface area contributed by atoms with Gasteiger partial charge in [-0.25, -0.2) is 4.79 Å². The molecule has 29 heavy (non-hydrogen) atoms. The molecule has 0 fully saturated rings. The fourth-order valence-corrected chi connectivity index (χ4v) is 2.64. The van der Waals surface area contributed by atoms with Gasteiger partial charge in [0.25, 0.3) is 0 Å². The molecule has 3 amide bonds. The molecule has 10 nitrogen and oxygen atoms in total. The molecule has 7 N–H and O–H groups in total. The SMILES string of the molecule is CCC(C)C(N)C(=O)NC(C(=O)NC(C(=O)NC(CS)C(=O)O)C(C)C)C(C)O. The van der Waals surface area contributed by atoms with Crippen molar-refractivity contribution in [3.8, 4) is 0 Å². The first-order valence-electron chi connectivity index (χ1n) is 9.55. The van der Waals surface area contributed by atoms with Crippen molar-refractivity contribution < 1.29 is 29.4 Å². The van der Waals surface area contributed by atoms with E-state index >= 15 is 0 Å². The Morgan fingerprint density at radius 2 is 1.41 bits per heavy atom. The van der Waals surface area contributed by atoms with Crippen molar-refractivity contribution in [3.63, 3.8) is 0 Å². The van der Waals surface area contributed by atoms with Crippen LogP contribution in [0.3, 0.4) is 0 Å². The molecule has 0 aliphatic heterocycles. The fraction of sp³-hybridized carbons (Fsp3) is 0.778. The summed E-state index contributed by atoms with van der Waals surface area (Å²) in [5.41, 5.74) is 5.86. The van der Waals surface area contributed by atoms with Gasteiger partial charge in [-0.2, -0.15) is 12.6 Å². The molecular formula is C18H34N4O6S. The van der Waals surface area contributed by atoms with Crippen molar-refractivity contribution in [2.75, 3.05) is 5.75 Å². The number of amides is 3. The van der Waals surface area contributed by atoms with Crippen LogP contribution in [0, 0.1) is 11.8 Å². The van der Waals surface area contributed by atoms with Crippen molar-refractivity contribution in [2.45, 2.75) is 71.3 Å². The lowest BCUT2D eigenvalue weighted by Gasteiger charge is -2.28. The maximum atomic E-state index is 12.7. The molecule has 0 rings (SSSR count). The first kappa shape index (κ1) is 27.1. The molecule has 0 saturated heterocycles. The van der Waals surface area contributed by atoms with Gasteiger partial charge < -0.3 is 31.9 Å². The number of hydrogen-bond donors (Lipinski definition) is 7. The van der Waals surface area contributed by atoms with Gasteiger partial charge in [-0.3, -0.25) is 14.4 Å². The van der Waals surface area contributed by atoms with Crippen molar-refractivity contribution in [2.24, 2.45) is 17.6 Å². The molecule has 0 radical (unpaired) electrons. The minimum Gasteiger partial charge on any atom is -0.480 e. The van der Waals surface area contributed by atoms with E-state index in [1.165, 1.54) is 6.92 Å². The summed E-state index contributed by atoms with van der Waals surface area (Å²) in [6.45, 7) is 8.32. The van der Waals surface area contributed by atoms with Gasteiger partial charge in [0.15, 0.2) is 0 Å². The summed E-state index contributed by atoms with van der Waals surface area (Å²) >= 11 is 3.89. The second kappa shape index (κ2) is 12.7. The Balaban J connectivity index is 5.31. The van der Waals surface area contributed by atoms with Gasteiger partial charge in [0.05, 0.1) is 12.1 Å². The number of carbonyl (C=O) groups excluding carboxylic acids is 3. The number of carbonyl (C=O) groups is 4. The highest BCUT2D eigenvalue weighted by Crippen LogP contribution is 2.08. The van der Waals surface area contributed by atoms with Crippen LogP contribution in [-0.2, 0) is 19.2 Å². The zero-order valence-corrected chi connectivity index (χ0v) is 18.4. The molecule has 0 heterocycles. The number of rotatable bonds is 12. The third kappa shape index (κ3) is 8.58. The quantitative estimate of drug-likeness (QED) is 0.190. The normalized spacial score (nSPS) is 17.4. The predicted octanol–water partition coefficient (Wildman–Crippen LogP) is -1.13. The number of thiol groups is 1. The lowest BCUT2D eigenvalue weighted by atomic mass is 9.98. The third-order valence-electron chi connectivity index (χ3n) is 4.67. The number of aliphatic hydroxyl groups excluding tert-OH is 1. The molecule has 0 spiro atoms. The minimum absolute atomic E-state index is 0.125. The number of nitrogens with two attached hydrogens (primary N) is 1. The van der Waals surface area contributed by atoms with Gasteiger partial charge >= 0.3 is 5.97 Å². The number of aliphatic hydroxyl groups is 1. The largest absolute Gasteiger partial charge is 0.480 e. The van der Waals surface area contributed by atoms with E-state index in [1.807, 2.05) is 6.92 Å². The second-order valence-electron chi connectivity index (χ2n) is 7.45. The van der Waals surface area contributed by atoms with Crippen LogP contribution >= 0.6 is 12.6 Å². The highest BCUT2D eigenvalue weighted by atomic mass is 32.1. The van der Waals surface area contributed by atoms with Crippen LogP contribution in [0.2, 0.25) is 0 Å². The molecule has 0 aromatic rings. The topological polar surface area (TPSA) is 171 Å². The highest BCUT2D eigenvalue weighted by Gasteiger charge is 2.33. The number of carboxylic acid groups (broad SMARTS) is 1. The highest BCUT2D eigenvalue weighted by molar-refractivity contribution is 7.80. The summed E-state index contributed by atoms with van der Waals surface area (Å²) in [6, 6.07) is -4.48. The monoisotopic (exact) mass is 434 g/mol. The van der Waals surface area contributed by atoms with Crippen LogP contribution in [-0.4, -0.2) is 69.9 Å². The molecule has 168 valence electrons. The van der Waals surface area contributed by atoms with Crippen LogP contribution in [0.25, 0.3) is 0 Å². The molecule has 6 unspecified atom stereocenters. The van der Waals surface area contributed by atoms with Gasteiger partial charge in [-0.15, -0.1) is 0 Å². The van der Waals surface area contributed by atoms with Crippen molar-refractivity contribution in [1.82, 2.24) is 16.0 Å². The summed E-state index contributed by atoms with van der Waals surface area (Å²) in [5, 5.41) is 26.2. The van der Waals surface area contributed by atoms with Crippen LogP contribution in [0.1, 0.15) is 41.0 Å². The van der Waals surface area contributed by atoms with Gasteiger partial charge in [0.1, 0.15) is 18.1 Å². The molecule has 0 aromatic heterocycles. The number of carboxylic acids is 1. The van der Waals surface area contributed by atoms with Gasteiger partial charge in [-0.1, -0.05) is 34.1 Å². The van der Waals surface area contributed by atoms with Crippen molar-refractivity contribution in [1.29, 1.82) is 0 Å². The zero-order chi connectivity index (χ0) is 22.9. The van der Waals surface area contributed by atoms with E-state index in [9.17, 15) is 24.3 Å². The van der Waals surface area contributed by atoms with Crippen LogP contribution in [0.4, 0.5) is 0 Å². The van der Waals surface area contributed by atoms with E-state index in [-0.39, 0.29) is 17.6 Å². The summed E-state index contributed by atoms with van der Waals surface area (Å²) in [6.07, 6.45) is -0.589. The average Bonchev–Trinajstić information content (AvgIpc) is 2.65. The second-order valence-corrected chi connectivity index (χ2v) is 7.82. The van der Waals surface area contributed by atoms with Crippen LogP contribution in [0.15, 0.2) is 0 Å². The molecule has 0 aliphatic rings. The van der Waals surface area contributed by atoms with Crippen molar-refractivity contribution in [3.05, 3.63) is 0 Å². The Bertz CT molecular complexity index is 587. The smallest absolute Gasteiger partial charge is 0.327 e. The van der Waals surface area contributed by atoms with E-state index in [0.29, 0.717) is 6.42 Å². The predicted molar refractivity (Wildman–Crippen MR) is 111 cm³/mol. The van der Waals surface area contributed by atoms with Crippen molar-refractivity contribution >= 4 is 36.3 Å². The van der Waals surface area contributed by atoms with E-state index in [4.69, 9.17) is 10.8 Å². The lowest BCUT2D eigenvalue weighted by molar-refractivity contribution is -0.142. The fourth-order valence-electron chi connectivity index (χ4n) is 2.39. The van der Waals surface area contributed by atoms with Gasteiger partial charge in [0, 0.05) is 5.75 Å². The summed E-state index contributed by atoms with van der Waals surface area (Å²) in [7, 11) is 0. The molecule has 6 atom stereocenters. The molecule has 11 heteroatoms. The lowest BCUT2D eigenvalue weighted by Crippen LogP contribution is -2.61. The number of hydrogen-bond acceptors (Lipinski definition) is 7. The number of nitrogens with one attached hydrogen (secondary N) is 3. The first-order valence-corrected chi connectivity index (χ1v) is 10.2. The Hall–Kier alpha value is -1.85. The Kier molecular flexibility index (Phi) is 11.8. The first-order chi connectivity index (χ1) is 13.4. The van der Waals surface area contributed by atoms with E-state index in [1.54, 1.807) is 20.8 Å². The van der Waals surface area contributed by atoms with Gasteiger partial charge in [-0.05, 0) is 18.8 Å². The zero-order valence-electron chi connectivity index (χ0n) is 17.5. The summed E-state index contributed by atoms with van der Waals surface area (Å²) in [4.78, 5) is 48.5. The maximum Gasteiger partial charge on any atom is 0.327 e. The van der Waals surface area contributed by atoms with Gasteiger partial charge in [0.2, 0.25) is 17.7 Å². The van der Waals surface area contributed by atoms with Crippen LogP contribution in [0.5, 0.6) is 0 Å². The molecule has 0 aromatic carbocycles. The third-order valence-corrected chi connectivity index (χ3v) is 5.03. The Morgan fingerprint density at radius 3 is 1.79 bits per heavy atom. The summed E-state index contributed by atoms with van der Waals surface area (Å²) in [5.74, 6) is -3.97. The standard InChI is InChI=1S/C18H34N4O6S/c1-6-9(4)12(19)15(24)22-14(10(5)23)17(26)21-13(8(2)3)16(25)20-11(7-29)18(27)28/h8-14,23,29H,6-7,19H2,1-5H3,(H,20,25)(H,21,26)(H,22,24)(H,27,28).